The topological polar surface area (TPSA) is 178 Å². The molecule has 2 aromatic carbocycles. The van der Waals surface area contributed by atoms with Gasteiger partial charge in [0, 0.05) is 22.5 Å². The molecular weight excluding hydrogens is 711 g/mol. The Balaban J connectivity index is 1.48. The second-order valence-corrected chi connectivity index (χ2v) is 14.1. The van der Waals surface area contributed by atoms with E-state index < -0.39 is 41.5 Å². The molecule has 4 N–H and O–H groups in total. The molecule has 0 saturated carbocycles. The summed E-state index contributed by atoms with van der Waals surface area (Å²) in [6, 6.07) is 10.8. The molecule has 13 nitrogen and oxygen atoms in total. The SMILES string of the molecule is CCOC(=O)c1nnc([C@@H](NC(=O)C2(NC(=O)C(NC(=O)OCc3ccccc3)C(C)CC)CCc3[nH]c4c(Cl)cc(Cl)cc4c3C2)C(C)CC)o1. The average molecular weight is 756 g/mol. The van der Waals surface area contributed by atoms with E-state index in [1.165, 1.54) is 0 Å². The number of aromatic amines is 1. The molecule has 4 aromatic rings. The van der Waals surface area contributed by atoms with Crippen molar-refractivity contribution >= 4 is 58.0 Å². The lowest BCUT2D eigenvalue weighted by Crippen LogP contribution is -2.65. The molecule has 1 aliphatic carbocycles. The molecule has 1 aliphatic rings. The number of carbonyl (C=O) groups is 4. The van der Waals surface area contributed by atoms with Crippen molar-refractivity contribution in [3.05, 3.63) is 81.1 Å². The summed E-state index contributed by atoms with van der Waals surface area (Å²) in [6.45, 7) is 9.38. The van der Waals surface area contributed by atoms with Crippen LogP contribution in [0.25, 0.3) is 10.9 Å². The number of carbonyl (C=O) groups excluding carboxylic acids is 4. The van der Waals surface area contributed by atoms with Crippen LogP contribution in [0.15, 0.2) is 46.9 Å². The number of aromatic nitrogens is 3. The maximum atomic E-state index is 14.8. The van der Waals surface area contributed by atoms with Crippen LogP contribution in [0.4, 0.5) is 4.79 Å². The first-order chi connectivity index (χ1) is 24.9. The van der Waals surface area contributed by atoms with E-state index in [2.05, 4.69) is 31.1 Å². The zero-order chi connectivity index (χ0) is 37.6. The molecule has 0 spiro atoms. The highest BCUT2D eigenvalue weighted by molar-refractivity contribution is 6.38. The van der Waals surface area contributed by atoms with Crippen LogP contribution in [0, 0.1) is 11.8 Å². The third-order valence-corrected chi connectivity index (χ3v) is 10.3. The van der Waals surface area contributed by atoms with Gasteiger partial charge in [-0.3, -0.25) is 9.59 Å². The quantitative estimate of drug-likeness (QED) is 0.103. The fraction of sp³-hybridized carbons (Fsp3) is 0.459. The number of benzene rings is 2. The van der Waals surface area contributed by atoms with Crippen LogP contribution >= 0.6 is 23.2 Å². The van der Waals surface area contributed by atoms with Crippen LogP contribution in [0.1, 0.15) is 93.3 Å². The molecular formula is C37H44Cl2N6O7. The molecule has 0 radical (unpaired) electrons. The summed E-state index contributed by atoms with van der Waals surface area (Å²) in [6.07, 6.45) is 1.06. The highest BCUT2D eigenvalue weighted by Gasteiger charge is 2.47. The molecule has 2 heterocycles. The van der Waals surface area contributed by atoms with Gasteiger partial charge in [0.05, 0.1) is 17.1 Å². The second kappa shape index (κ2) is 16.8. The van der Waals surface area contributed by atoms with Gasteiger partial charge >= 0.3 is 18.0 Å². The molecule has 52 heavy (non-hydrogen) atoms. The minimum absolute atomic E-state index is 0.0207. The summed E-state index contributed by atoms with van der Waals surface area (Å²) in [5.74, 6) is -2.68. The molecule has 5 atom stereocenters. The number of alkyl carbamates (subject to hydrolysis) is 1. The molecule has 0 aliphatic heterocycles. The zero-order valence-corrected chi connectivity index (χ0v) is 31.3. The summed E-state index contributed by atoms with van der Waals surface area (Å²) in [7, 11) is 0. The van der Waals surface area contributed by atoms with Crippen molar-refractivity contribution in [2.45, 2.75) is 91.0 Å². The number of H-pyrrole nitrogens is 1. The van der Waals surface area contributed by atoms with Gasteiger partial charge in [-0.15, -0.1) is 10.2 Å². The first-order valence-electron chi connectivity index (χ1n) is 17.5. The summed E-state index contributed by atoms with van der Waals surface area (Å²) in [5.41, 5.74) is 1.60. The molecule has 5 rings (SSSR count). The molecule has 2 aromatic heterocycles. The van der Waals surface area contributed by atoms with E-state index in [1.807, 2.05) is 58.0 Å². The van der Waals surface area contributed by atoms with Crippen molar-refractivity contribution in [2.24, 2.45) is 11.8 Å². The van der Waals surface area contributed by atoms with Crippen LogP contribution in [-0.4, -0.2) is 57.2 Å². The number of rotatable bonds is 14. The molecule has 0 bridgehead atoms. The average Bonchev–Trinajstić information content (AvgIpc) is 3.77. The van der Waals surface area contributed by atoms with Crippen molar-refractivity contribution in [2.75, 3.05) is 6.61 Å². The van der Waals surface area contributed by atoms with E-state index in [9.17, 15) is 19.2 Å². The van der Waals surface area contributed by atoms with Crippen LogP contribution in [0.5, 0.6) is 0 Å². The van der Waals surface area contributed by atoms with Gasteiger partial charge in [0.2, 0.25) is 17.7 Å². The summed E-state index contributed by atoms with van der Waals surface area (Å²) in [4.78, 5) is 57.8. The Hall–Kier alpha value is -4.62. The molecule has 0 fully saturated rings. The highest BCUT2D eigenvalue weighted by atomic mass is 35.5. The summed E-state index contributed by atoms with van der Waals surface area (Å²) in [5, 5.41) is 18.4. The molecule has 4 unspecified atom stereocenters. The number of amides is 3. The Bertz CT molecular complexity index is 1910. The van der Waals surface area contributed by atoms with Gasteiger partial charge < -0.3 is 34.8 Å². The number of esters is 1. The Morgan fingerprint density at radius 3 is 2.40 bits per heavy atom. The van der Waals surface area contributed by atoms with Crippen LogP contribution < -0.4 is 16.0 Å². The van der Waals surface area contributed by atoms with Crippen LogP contribution in [-0.2, 0) is 38.5 Å². The molecule has 15 heteroatoms. The van der Waals surface area contributed by atoms with Gasteiger partial charge in [-0.2, -0.15) is 0 Å². The standard InChI is InChI=1S/C37H44Cl2N6O7/c1-6-20(4)28(42-36(49)51-19-22-12-10-9-11-13-22)31(46)43-37(15-14-27-25(18-37)24-16-23(38)17-26(39)30(24)40-27)35(48)41-29(21(5)7-2)32-44-45-33(52-32)34(47)50-8-3/h9-13,16-17,20-21,28-29,40H,6-8,14-15,18-19H2,1-5H3,(H,41,48)(H,42,49)(H,43,46)/t20?,21?,28?,29-,37?/m0/s1. The van der Waals surface area contributed by atoms with Crippen LogP contribution in [0.3, 0.4) is 0 Å². The van der Waals surface area contributed by atoms with E-state index >= 15 is 0 Å². The number of hydrogen-bond donors (Lipinski definition) is 4. The van der Waals surface area contributed by atoms with Crippen molar-refractivity contribution in [3.63, 3.8) is 0 Å². The van der Waals surface area contributed by atoms with Gasteiger partial charge in [0.1, 0.15) is 24.2 Å². The van der Waals surface area contributed by atoms with E-state index in [4.69, 9.17) is 37.1 Å². The van der Waals surface area contributed by atoms with Crippen molar-refractivity contribution in [1.29, 1.82) is 0 Å². The molecule has 3 amide bonds. The number of halogens is 2. The van der Waals surface area contributed by atoms with E-state index in [1.54, 1.807) is 19.1 Å². The second-order valence-electron chi connectivity index (χ2n) is 13.2. The van der Waals surface area contributed by atoms with Crippen molar-refractivity contribution in [1.82, 2.24) is 31.1 Å². The number of aryl methyl sites for hydroxylation is 1. The Kier molecular flexibility index (Phi) is 12.5. The fourth-order valence-electron chi connectivity index (χ4n) is 6.33. The number of hydrogen-bond acceptors (Lipinski definition) is 9. The van der Waals surface area contributed by atoms with Crippen molar-refractivity contribution < 1.29 is 33.1 Å². The van der Waals surface area contributed by atoms with Gasteiger partial charge in [-0.1, -0.05) is 94.1 Å². The molecule has 278 valence electrons. The maximum Gasteiger partial charge on any atom is 0.408 e. The molecule has 0 saturated heterocycles. The third-order valence-electron chi connectivity index (χ3n) is 9.74. The fourth-order valence-corrected chi connectivity index (χ4v) is 6.87. The van der Waals surface area contributed by atoms with E-state index in [0.29, 0.717) is 34.8 Å². The first kappa shape index (κ1) is 38.6. The third kappa shape index (κ3) is 8.53. The van der Waals surface area contributed by atoms with Crippen molar-refractivity contribution in [3.8, 4) is 0 Å². The predicted molar refractivity (Wildman–Crippen MR) is 195 cm³/mol. The van der Waals surface area contributed by atoms with E-state index in [-0.39, 0.29) is 49.7 Å². The van der Waals surface area contributed by atoms with Gasteiger partial charge in [0.25, 0.3) is 0 Å². The Labute approximate surface area is 311 Å². The first-order valence-corrected chi connectivity index (χ1v) is 18.2. The maximum absolute atomic E-state index is 14.8. The Morgan fingerprint density at radius 1 is 0.981 bits per heavy atom. The lowest BCUT2D eigenvalue weighted by Gasteiger charge is -2.39. The number of nitrogens with zero attached hydrogens (tertiary/aromatic N) is 2. The van der Waals surface area contributed by atoms with Gasteiger partial charge in [0.15, 0.2) is 0 Å². The highest BCUT2D eigenvalue weighted by Crippen LogP contribution is 2.39. The minimum Gasteiger partial charge on any atom is -0.459 e. The smallest absolute Gasteiger partial charge is 0.408 e. The minimum atomic E-state index is -1.51. The lowest BCUT2D eigenvalue weighted by molar-refractivity contribution is -0.136. The zero-order valence-electron chi connectivity index (χ0n) is 29.8. The normalized spacial score (nSPS) is 17.7. The van der Waals surface area contributed by atoms with Gasteiger partial charge in [-0.25, -0.2) is 9.59 Å². The number of nitrogens with one attached hydrogen (secondary N) is 4. The predicted octanol–water partition coefficient (Wildman–Crippen LogP) is 6.62. The largest absolute Gasteiger partial charge is 0.459 e. The number of fused-ring (bicyclic) bond motifs is 3. The monoisotopic (exact) mass is 754 g/mol. The Morgan fingerprint density at radius 2 is 1.71 bits per heavy atom. The van der Waals surface area contributed by atoms with Gasteiger partial charge in [-0.05, 0) is 54.9 Å². The number of ether oxygens (including phenoxy) is 2. The van der Waals surface area contributed by atoms with Crippen LogP contribution in [0.2, 0.25) is 10.0 Å². The summed E-state index contributed by atoms with van der Waals surface area (Å²) < 4.78 is 16.2. The van der Waals surface area contributed by atoms with E-state index in [0.717, 1.165) is 22.2 Å². The lowest BCUT2D eigenvalue weighted by atomic mass is 9.78. The summed E-state index contributed by atoms with van der Waals surface area (Å²) >= 11 is 13.0.